The highest BCUT2D eigenvalue weighted by molar-refractivity contribution is 7.09. The molecule has 5 aliphatic rings. The van der Waals surface area contributed by atoms with Crippen LogP contribution in [0.1, 0.15) is 49.9 Å². The zero-order valence-electron chi connectivity index (χ0n) is 18.3. The van der Waals surface area contributed by atoms with E-state index in [-0.39, 0.29) is 11.6 Å². The van der Waals surface area contributed by atoms with E-state index in [9.17, 15) is 4.79 Å². The summed E-state index contributed by atoms with van der Waals surface area (Å²) < 4.78 is 4.55. The van der Waals surface area contributed by atoms with Gasteiger partial charge in [-0.05, 0) is 74.0 Å². The number of rotatable bonds is 4. The molecule has 2 heterocycles. The summed E-state index contributed by atoms with van der Waals surface area (Å²) in [5.41, 5.74) is 1.24. The van der Waals surface area contributed by atoms with Gasteiger partial charge in [0.25, 0.3) is 0 Å². The zero-order chi connectivity index (χ0) is 21.7. The molecule has 6 nitrogen and oxygen atoms in total. The van der Waals surface area contributed by atoms with Gasteiger partial charge >= 0.3 is 6.03 Å². The first-order valence-corrected chi connectivity index (χ1v) is 13.1. The molecule has 0 radical (unpaired) electrons. The molecule has 1 aromatic heterocycles. The van der Waals surface area contributed by atoms with Gasteiger partial charge in [-0.3, -0.25) is 0 Å². The Balaban J connectivity index is 1.03. The van der Waals surface area contributed by atoms with Gasteiger partial charge < -0.3 is 15.1 Å². The number of carbonyl (C=O) groups is 1. The summed E-state index contributed by atoms with van der Waals surface area (Å²) in [6, 6.07) is 7.98. The number of amides is 2. The number of nitrogens with zero attached hydrogens (tertiary/aromatic N) is 4. The molecule has 0 spiro atoms. The first-order valence-electron chi connectivity index (χ1n) is 11.9. The van der Waals surface area contributed by atoms with Gasteiger partial charge in [-0.1, -0.05) is 23.7 Å². The van der Waals surface area contributed by atoms with Crippen molar-refractivity contribution in [3.8, 4) is 0 Å². The van der Waals surface area contributed by atoms with Crippen molar-refractivity contribution < 1.29 is 4.79 Å². The van der Waals surface area contributed by atoms with Crippen molar-refractivity contribution in [1.29, 1.82) is 0 Å². The van der Waals surface area contributed by atoms with Crippen LogP contribution in [0, 0.1) is 17.8 Å². The van der Waals surface area contributed by atoms with Gasteiger partial charge in [0.15, 0.2) is 0 Å². The number of hydrogen-bond donors (Lipinski definition) is 1. The fourth-order valence-corrected chi connectivity index (χ4v) is 7.76. The maximum atomic E-state index is 13.1. The molecule has 0 atom stereocenters. The maximum Gasteiger partial charge on any atom is 0.317 e. The van der Waals surface area contributed by atoms with E-state index in [1.807, 2.05) is 29.2 Å². The number of halogens is 1. The van der Waals surface area contributed by atoms with Crippen LogP contribution in [0.25, 0.3) is 0 Å². The lowest BCUT2D eigenvalue weighted by molar-refractivity contribution is -0.0157. The van der Waals surface area contributed by atoms with Crippen molar-refractivity contribution in [2.75, 3.05) is 31.1 Å². The standard InChI is InChI=1S/C24H30ClN5OS/c25-20-3-1-16(2-4-20)12-21-26-23(32-28-21)30-7-5-29(6-8-30)22(31)27-24-13-17-9-18(14-24)11-19(10-17)15-24/h1-4,17-19H,5-15H2,(H,27,31). The molecule has 1 aliphatic heterocycles. The van der Waals surface area contributed by atoms with Gasteiger partial charge in [-0.15, -0.1) is 0 Å². The Morgan fingerprint density at radius 3 is 2.28 bits per heavy atom. The molecule has 0 unspecified atom stereocenters. The second-order valence-electron chi connectivity index (χ2n) is 10.4. The summed E-state index contributed by atoms with van der Waals surface area (Å²) in [6.07, 6.45) is 8.51. The van der Waals surface area contributed by atoms with Crippen LogP contribution in [-0.2, 0) is 6.42 Å². The summed E-state index contributed by atoms with van der Waals surface area (Å²) in [6.45, 7) is 3.10. The molecular formula is C24H30ClN5OS. The Bertz CT molecular complexity index is 949. The van der Waals surface area contributed by atoms with Crippen LogP contribution in [0.15, 0.2) is 24.3 Å². The van der Waals surface area contributed by atoms with Crippen LogP contribution in [0.5, 0.6) is 0 Å². The second-order valence-corrected chi connectivity index (χ2v) is 11.6. The first kappa shape index (κ1) is 20.7. The van der Waals surface area contributed by atoms with Gasteiger partial charge in [-0.2, -0.15) is 4.37 Å². The fraction of sp³-hybridized carbons (Fsp3) is 0.625. The highest BCUT2D eigenvalue weighted by Crippen LogP contribution is 2.55. The lowest BCUT2D eigenvalue weighted by Gasteiger charge is -2.57. The van der Waals surface area contributed by atoms with Crippen LogP contribution >= 0.6 is 23.1 Å². The summed E-state index contributed by atoms with van der Waals surface area (Å²) in [5, 5.41) is 5.21. The van der Waals surface area contributed by atoms with E-state index in [2.05, 4.69) is 14.6 Å². The molecule has 1 aromatic carbocycles. The zero-order valence-corrected chi connectivity index (χ0v) is 19.9. The van der Waals surface area contributed by atoms with Crippen molar-refractivity contribution in [3.63, 3.8) is 0 Å². The van der Waals surface area contributed by atoms with Crippen molar-refractivity contribution in [3.05, 3.63) is 40.7 Å². The van der Waals surface area contributed by atoms with Crippen LogP contribution in [-0.4, -0.2) is 52.0 Å². The van der Waals surface area contributed by atoms with Crippen molar-refractivity contribution >= 4 is 34.3 Å². The van der Waals surface area contributed by atoms with E-state index >= 15 is 0 Å². The number of urea groups is 1. The minimum absolute atomic E-state index is 0.0821. The molecule has 4 saturated carbocycles. The predicted molar refractivity (Wildman–Crippen MR) is 127 cm³/mol. The molecule has 4 bridgehead atoms. The minimum Gasteiger partial charge on any atom is -0.343 e. The Labute approximate surface area is 198 Å². The van der Waals surface area contributed by atoms with Gasteiger partial charge in [-0.25, -0.2) is 9.78 Å². The Morgan fingerprint density at radius 1 is 1.03 bits per heavy atom. The molecule has 2 amide bonds. The highest BCUT2D eigenvalue weighted by atomic mass is 35.5. The van der Waals surface area contributed by atoms with E-state index in [1.165, 1.54) is 50.1 Å². The fourth-order valence-electron chi connectivity index (χ4n) is 6.90. The first-order chi connectivity index (χ1) is 15.5. The summed E-state index contributed by atoms with van der Waals surface area (Å²) in [4.78, 5) is 22.1. The van der Waals surface area contributed by atoms with E-state index in [0.717, 1.165) is 65.5 Å². The average Bonchev–Trinajstić information content (AvgIpc) is 3.23. The van der Waals surface area contributed by atoms with E-state index in [1.54, 1.807) is 0 Å². The summed E-state index contributed by atoms with van der Waals surface area (Å²) in [5.74, 6) is 3.38. The van der Waals surface area contributed by atoms with E-state index in [4.69, 9.17) is 16.6 Å². The van der Waals surface area contributed by atoms with Crippen LogP contribution < -0.4 is 10.2 Å². The minimum atomic E-state index is 0.0821. The third kappa shape index (κ3) is 4.10. The number of benzene rings is 1. The monoisotopic (exact) mass is 471 g/mol. The molecule has 170 valence electrons. The number of anilines is 1. The number of piperazine rings is 1. The van der Waals surface area contributed by atoms with Crippen LogP contribution in [0.3, 0.4) is 0 Å². The predicted octanol–water partition coefficient (Wildman–Crippen LogP) is 4.58. The van der Waals surface area contributed by atoms with E-state index < -0.39 is 0 Å². The quantitative estimate of drug-likeness (QED) is 0.708. The molecule has 32 heavy (non-hydrogen) atoms. The smallest absolute Gasteiger partial charge is 0.317 e. The number of nitrogens with one attached hydrogen (secondary N) is 1. The number of aromatic nitrogens is 2. The largest absolute Gasteiger partial charge is 0.343 e. The molecular weight excluding hydrogens is 442 g/mol. The number of carbonyl (C=O) groups excluding carboxylic acids is 1. The molecule has 5 fully saturated rings. The van der Waals surface area contributed by atoms with E-state index in [0.29, 0.717) is 6.42 Å². The van der Waals surface area contributed by atoms with Gasteiger partial charge in [0.2, 0.25) is 5.13 Å². The molecule has 2 aromatic rings. The van der Waals surface area contributed by atoms with Crippen LogP contribution in [0.4, 0.5) is 9.93 Å². The van der Waals surface area contributed by atoms with Crippen molar-refractivity contribution in [2.24, 2.45) is 17.8 Å². The topological polar surface area (TPSA) is 61.4 Å². The van der Waals surface area contributed by atoms with Gasteiger partial charge in [0.1, 0.15) is 5.82 Å². The Morgan fingerprint density at radius 2 is 1.66 bits per heavy atom. The van der Waals surface area contributed by atoms with Crippen molar-refractivity contribution in [1.82, 2.24) is 19.6 Å². The Kier molecular flexibility index (Phi) is 5.29. The van der Waals surface area contributed by atoms with Crippen LogP contribution in [0.2, 0.25) is 5.02 Å². The molecule has 1 N–H and O–H groups in total. The molecule has 4 aliphatic carbocycles. The molecule has 7 rings (SSSR count). The average molecular weight is 472 g/mol. The van der Waals surface area contributed by atoms with Gasteiger partial charge in [0, 0.05) is 54.7 Å². The third-order valence-corrected chi connectivity index (χ3v) is 9.05. The summed E-state index contributed by atoms with van der Waals surface area (Å²) in [7, 11) is 0. The lowest BCUT2D eigenvalue weighted by atomic mass is 9.53. The lowest BCUT2D eigenvalue weighted by Crippen LogP contribution is -2.63. The molecule has 8 heteroatoms. The Hall–Kier alpha value is -1.86. The SMILES string of the molecule is O=C(NC12CC3CC(CC(C3)C1)C2)N1CCN(c2nc(Cc3ccc(Cl)cc3)ns2)CC1. The van der Waals surface area contributed by atoms with Crippen molar-refractivity contribution in [2.45, 2.75) is 50.5 Å². The highest BCUT2D eigenvalue weighted by Gasteiger charge is 2.51. The molecule has 1 saturated heterocycles. The third-order valence-electron chi connectivity index (χ3n) is 7.98. The normalized spacial score (nSPS) is 31.2. The maximum absolute atomic E-state index is 13.1. The number of hydrogen-bond acceptors (Lipinski definition) is 5. The second kappa shape index (κ2) is 8.17. The van der Waals surface area contributed by atoms with Gasteiger partial charge in [0.05, 0.1) is 0 Å². The summed E-state index contributed by atoms with van der Waals surface area (Å²) >= 11 is 7.43.